The molecule has 2 nitrogen and oxygen atoms in total. The summed E-state index contributed by atoms with van der Waals surface area (Å²) in [6.07, 6.45) is 8.79. The van der Waals surface area contributed by atoms with Gasteiger partial charge in [-0.25, -0.2) is 0 Å². The highest BCUT2D eigenvalue weighted by Crippen LogP contribution is 2.55. The van der Waals surface area contributed by atoms with E-state index in [0.29, 0.717) is 11.3 Å². The van der Waals surface area contributed by atoms with E-state index in [2.05, 4.69) is 11.8 Å². The van der Waals surface area contributed by atoms with E-state index in [1.165, 1.54) is 32.1 Å². The number of likely N-dealkylation sites (tertiary alicyclic amines) is 1. The monoisotopic (exact) mass is 221 g/mol. The van der Waals surface area contributed by atoms with Crippen LogP contribution >= 0.6 is 0 Å². The molecule has 3 rings (SSSR count). The lowest BCUT2D eigenvalue weighted by Gasteiger charge is -2.39. The maximum absolute atomic E-state index is 11.3. The van der Waals surface area contributed by atoms with Crippen molar-refractivity contribution in [2.45, 2.75) is 57.4 Å². The molecular weight excluding hydrogens is 198 g/mol. The third kappa shape index (κ3) is 1.71. The highest BCUT2D eigenvalue weighted by atomic mass is 16.1. The average Bonchev–Trinajstić information content (AvgIpc) is 2.86. The van der Waals surface area contributed by atoms with Gasteiger partial charge in [-0.2, -0.15) is 0 Å². The number of carbonyl (C=O) groups excluding carboxylic acids is 1. The number of hydrogen-bond donors (Lipinski definition) is 0. The standard InChI is InChI=1S/C14H23NO/c1-11-9-14(11,10-12-3-2-4-12)15-7-5-13(16)6-8-15/h11-12H,2-10H2,1H3/t11-,14?/m0/s1. The van der Waals surface area contributed by atoms with E-state index in [1.54, 1.807) is 0 Å². The van der Waals surface area contributed by atoms with Crippen molar-refractivity contribution >= 4 is 5.78 Å². The summed E-state index contributed by atoms with van der Waals surface area (Å²) in [4.78, 5) is 14.0. The first-order chi connectivity index (χ1) is 7.71. The molecule has 0 N–H and O–H groups in total. The molecule has 16 heavy (non-hydrogen) atoms. The second-order valence-corrected chi connectivity index (χ2v) is 6.24. The molecule has 0 amide bonds. The second-order valence-electron chi connectivity index (χ2n) is 6.24. The molecule has 2 saturated carbocycles. The number of rotatable bonds is 3. The van der Waals surface area contributed by atoms with Crippen LogP contribution < -0.4 is 0 Å². The van der Waals surface area contributed by atoms with Crippen LogP contribution in [0.25, 0.3) is 0 Å². The summed E-state index contributed by atoms with van der Waals surface area (Å²) in [5.41, 5.74) is 0.520. The number of hydrogen-bond acceptors (Lipinski definition) is 2. The van der Waals surface area contributed by atoms with Gasteiger partial charge in [0.1, 0.15) is 5.78 Å². The summed E-state index contributed by atoms with van der Waals surface area (Å²) in [6.45, 7) is 4.47. The van der Waals surface area contributed by atoms with Crippen LogP contribution in [0.5, 0.6) is 0 Å². The van der Waals surface area contributed by atoms with E-state index in [9.17, 15) is 4.79 Å². The van der Waals surface area contributed by atoms with Crippen molar-refractivity contribution in [3.63, 3.8) is 0 Å². The molecule has 0 bridgehead atoms. The van der Waals surface area contributed by atoms with E-state index < -0.39 is 0 Å². The zero-order valence-corrected chi connectivity index (χ0v) is 10.4. The largest absolute Gasteiger partial charge is 0.300 e. The molecule has 0 aromatic carbocycles. The number of carbonyl (C=O) groups is 1. The van der Waals surface area contributed by atoms with E-state index >= 15 is 0 Å². The van der Waals surface area contributed by atoms with Gasteiger partial charge in [-0.05, 0) is 24.7 Å². The van der Waals surface area contributed by atoms with Crippen LogP contribution in [0.2, 0.25) is 0 Å². The Kier molecular flexibility index (Phi) is 2.58. The van der Waals surface area contributed by atoms with Crippen LogP contribution in [0.4, 0.5) is 0 Å². The molecule has 0 spiro atoms. The van der Waals surface area contributed by atoms with Gasteiger partial charge in [0.05, 0.1) is 0 Å². The van der Waals surface area contributed by atoms with Crippen molar-refractivity contribution in [1.82, 2.24) is 4.90 Å². The third-order valence-corrected chi connectivity index (χ3v) is 5.23. The maximum atomic E-state index is 11.3. The van der Waals surface area contributed by atoms with Crippen molar-refractivity contribution in [3.05, 3.63) is 0 Å². The van der Waals surface area contributed by atoms with E-state index in [4.69, 9.17) is 0 Å². The first-order valence-corrected chi connectivity index (χ1v) is 6.97. The van der Waals surface area contributed by atoms with Crippen LogP contribution in [-0.4, -0.2) is 29.3 Å². The van der Waals surface area contributed by atoms with Gasteiger partial charge in [0.25, 0.3) is 0 Å². The van der Waals surface area contributed by atoms with Crippen molar-refractivity contribution in [2.24, 2.45) is 11.8 Å². The third-order valence-electron chi connectivity index (χ3n) is 5.23. The van der Waals surface area contributed by atoms with Gasteiger partial charge in [-0.15, -0.1) is 0 Å². The first kappa shape index (κ1) is 10.8. The molecule has 3 fully saturated rings. The molecule has 90 valence electrons. The molecule has 0 radical (unpaired) electrons. The van der Waals surface area contributed by atoms with Gasteiger partial charge in [0.15, 0.2) is 0 Å². The fourth-order valence-corrected chi connectivity index (χ4v) is 3.72. The molecule has 1 unspecified atom stereocenters. The number of ketones is 1. The minimum absolute atomic E-state index is 0.475. The Morgan fingerprint density at radius 3 is 2.38 bits per heavy atom. The smallest absolute Gasteiger partial charge is 0.135 e. The predicted molar refractivity (Wildman–Crippen MR) is 64.3 cm³/mol. The van der Waals surface area contributed by atoms with Gasteiger partial charge in [0, 0.05) is 31.5 Å². The van der Waals surface area contributed by atoms with Gasteiger partial charge < -0.3 is 0 Å². The van der Waals surface area contributed by atoms with Crippen LogP contribution in [0.3, 0.4) is 0 Å². The summed E-state index contributed by atoms with van der Waals surface area (Å²) in [5.74, 6) is 2.35. The summed E-state index contributed by atoms with van der Waals surface area (Å²) >= 11 is 0. The van der Waals surface area contributed by atoms with E-state index in [-0.39, 0.29) is 0 Å². The Labute approximate surface area is 98.4 Å². The van der Waals surface area contributed by atoms with Gasteiger partial charge in [0.2, 0.25) is 0 Å². The number of nitrogens with zero attached hydrogens (tertiary/aromatic N) is 1. The molecule has 2 aliphatic carbocycles. The Hall–Kier alpha value is -0.370. The predicted octanol–water partition coefficient (Wildman–Crippen LogP) is 2.62. The summed E-state index contributed by atoms with van der Waals surface area (Å²) < 4.78 is 0. The van der Waals surface area contributed by atoms with E-state index in [0.717, 1.165) is 37.8 Å². The van der Waals surface area contributed by atoms with Crippen molar-refractivity contribution in [1.29, 1.82) is 0 Å². The quantitative estimate of drug-likeness (QED) is 0.730. The Balaban J connectivity index is 1.63. The van der Waals surface area contributed by atoms with Crippen molar-refractivity contribution < 1.29 is 4.79 Å². The van der Waals surface area contributed by atoms with Crippen molar-refractivity contribution in [3.8, 4) is 0 Å². The Morgan fingerprint density at radius 1 is 1.31 bits per heavy atom. The topological polar surface area (TPSA) is 20.3 Å². The molecule has 1 saturated heterocycles. The molecule has 1 aliphatic heterocycles. The highest BCUT2D eigenvalue weighted by molar-refractivity contribution is 5.79. The SMILES string of the molecule is C[C@H]1CC1(CC1CCC1)N1CCC(=O)CC1. The van der Waals surface area contributed by atoms with Gasteiger partial charge in [-0.1, -0.05) is 26.2 Å². The Morgan fingerprint density at radius 2 is 1.94 bits per heavy atom. The van der Waals surface area contributed by atoms with Crippen LogP contribution in [0, 0.1) is 11.8 Å². The maximum Gasteiger partial charge on any atom is 0.135 e. The molecule has 2 atom stereocenters. The fourth-order valence-electron chi connectivity index (χ4n) is 3.72. The molecule has 1 heterocycles. The normalized spacial score (nSPS) is 40.8. The highest BCUT2D eigenvalue weighted by Gasteiger charge is 2.56. The molecule has 0 aromatic rings. The summed E-state index contributed by atoms with van der Waals surface area (Å²) in [5, 5.41) is 0. The van der Waals surface area contributed by atoms with Crippen molar-refractivity contribution in [2.75, 3.05) is 13.1 Å². The fraction of sp³-hybridized carbons (Fsp3) is 0.929. The van der Waals surface area contributed by atoms with Gasteiger partial charge in [-0.3, -0.25) is 9.69 Å². The van der Waals surface area contributed by atoms with Crippen LogP contribution in [-0.2, 0) is 4.79 Å². The zero-order chi connectivity index (χ0) is 11.2. The minimum Gasteiger partial charge on any atom is -0.300 e. The molecule has 2 heteroatoms. The lowest BCUT2D eigenvalue weighted by Crippen LogP contribution is -2.46. The molecule has 3 aliphatic rings. The van der Waals surface area contributed by atoms with Crippen LogP contribution in [0.1, 0.15) is 51.9 Å². The lowest BCUT2D eigenvalue weighted by molar-refractivity contribution is -0.122. The second kappa shape index (κ2) is 3.83. The molecular formula is C14H23NO. The number of Topliss-reactive ketones (excluding diaryl/α,β-unsaturated/α-hetero) is 1. The minimum atomic E-state index is 0.475. The van der Waals surface area contributed by atoms with Crippen LogP contribution in [0.15, 0.2) is 0 Å². The summed E-state index contributed by atoms with van der Waals surface area (Å²) in [7, 11) is 0. The van der Waals surface area contributed by atoms with Gasteiger partial charge >= 0.3 is 0 Å². The average molecular weight is 221 g/mol. The lowest BCUT2D eigenvalue weighted by atomic mass is 9.79. The zero-order valence-electron chi connectivity index (χ0n) is 10.4. The Bertz CT molecular complexity index is 287. The van der Waals surface area contributed by atoms with E-state index in [1.807, 2.05) is 0 Å². The number of piperidine rings is 1. The summed E-state index contributed by atoms with van der Waals surface area (Å²) in [6, 6.07) is 0. The first-order valence-electron chi connectivity index (χ1n) is 6.97. The molecule has 0 aromatic heterocycles.